The summed E-state index contributed by atoms with van der Waals surface area (Å²) in [5, 5.41) is 0. The van der Waals surface area contributed by atoms with E-state index < -0.39 is 6.09 Å². The lowest BCUT2D eigenvalue weighted by molar-refractivity contribution is -0.737. The number of anilines is 4. The van der Waals surface area contributed by atoms with E-state index in [1.165, 1.54) is 7.11 Å². The van der Waals surface area contributed by atoms with E-state index in [1.807, 2.05) is 62.3 Å². The number of hydrogen-bond acceptors (Lipinski definition) is 7. The molecule has 3 aromatic carbocycles. The Bertz CT molecular complexity index is 1190. The zero-order valence-electron chi connectivity index (χ0n) is 19.8. The van der Waals surface area contributed by atoms with Gasteiger partial charge >= 0.3 is 11.8 Å². The number of carbonyl (C=O) groups is 1. The smallest absolute Gasteiger partial charge is 0.419 e. The topological polar surface area (TPSA) is 65.3 Å². The molecule has 0 fully saturated rings. The summed E-state index contributed by atoms with van der Waals surface area (Å²) in [5.41, 5.74) is 4.42. The van der Waals surface area contributed by atoms with E-state index in [0.717, 1.165) is 32.5 Å². The Hall–Kier alpha value is -3.72. The maximum absolute atomic E-state index is 13.4. The molecule has 34 heavy (non-hydrogen) atoms. The van der Waals surface area contributed by atoms with Crippen LogP contribution in [0.15, 0.2) is 70.5 Å². The van der Waals surface area contributed by atoms with E-state index in [4.69, 9.17) is 9.57 Å². The summed E-state index contributed by atoms with van der Waals surface area (Å²) >= 11 is 1.62. The number of benzene rings is 3. The van der Waals surface area contributed by atoms with Gasteiger partial charge in [0.2, 0.25) is 0 Å². The molecule has 8 nitrogen and oxygen atoms in total. The van der Waals surface area contributed by atoms with Crippen LogP contribution in [0.2, 0.25) is 0 Å². The summed E-state index contributed by atoms with van der Waals surface area (Å²) < 4.78 is 5.71. The number of ether oxygens (including phenoxy) is 1. The highest BCUT2D eigenvalue weighted by atomic mass is 32.2. The Kier molecular flexibility index (Phi) is 6.65. The molecule has 0 N–H and O–H groups in total. The third-order valence-corrected chi connectivity index (χ3v) is 6.60. The normalized spacial score (nSPS) is 11.9. The molecule has 176 valence electrons. The van der Waals surface area contributed by atoms with Crippen molar-refractivity contribution in [1.29, 1.82) is 0 Å². The lowest BCUT2D eigenvalue weighted by atomic mass is 10.2. The lowest BCUT2D eigenvalue weighted by Crippen LogP contribution is -2.29. The number of nitrogens with zero attached hydrogens (tertiary/aromatic N) is 4. The second kappa shape index (κ2) is 9.64. The highest BCUT2D eigenvalue weighted by molar-refractivity contribution is 7.99. The van der Waals surface area contributed by atoms with Crippen molar-refractivity contribution in [3.05, 3.63) is 71.1 Å². The highest BCUT2D eigenvalue weighted by Crippen LogP contribution is 2.50. The van der Waals surface area contributed by atoms with E-state index in [-0.39, 0.29) is 6.61 Å². The number of fused-ring (bicyclic) bond motifs is 2. The first-order valence-electron chi connectivity index (χ1n) is 10.7. The van der Waals surface area contributed by atoms with Crippen LogP contribution in [-0.2, 0) is 16.2 Å². The molecule has 0 unspecified atom stereocenters. The molecule has 0 atom stereocenters. The fraction of sp³-hybridized carbons (Fsp3) is 0.240. The molecule has 3 aromatic rings. The van der Waals surface area contributed by atoms with Gasteiger partial charge in [0.05, 0.1) is 21.8 Å². The number of hydrogen-bond donors (Lipinski definition) is 0. The Morgan fingerprint density at radius 1 is 0.912 bits per heavy atom. The van der Waals surface area contributed by atoms with Gasteiger partial charge in [0.1, 0.15) is 6.61 Å². The summed E-state index contributed by atoms with van der Waals surface area (Å²) in [6.45, 7) is -0.0724. The standard InChI is InChI=1S/C25H27N4O4S/c1-26(2)18-10-12-21-23(14-18)34-24-15-19(27(3)4)11-13-22(24)28(21)25(30)33-16-17-8-6-7-9-20(17)29(31)32-5/h6-15H,16H2,1-5H3/q+1. The van der Waals surface area contributed by atoms with Crippen LogP contribution in [-0.4, -0.2) is 46.3 Å². The van der Waals surface area contributed by atoms with Gasteiger partial charge in [-0.2, -0.15) is 0 Å². The molecular weight excluding hydrogens is 452 g/mol. The quantitative estimate of drug-likeness (QED) is 0.418. The van der Waals surface area contributed by atoms with Gasteiger partial charge in [0, 0.05) is 55.4 Å². The second-order valence-electron chi connectivity index (χ2n) is 8.15. The van der Waals surface area contributed by atoms with Crippen molar-refractivity contribution < 1.29 is 19.3 Å². The summed E-state index contributed by atoms with van der Waals surface area (Å²) in [6, 6.07) is 18.8. The van der Waals surface area contributed by atoms with Crippen LogP contribution in [0.25, 0.3) is 0 Å². The minimum atomic E-state index is -0.525. The maximum atomic E-state index is 13.4. The molecule has 9 heteroatoms. The Morgan fingerprint density at radius 2 is 1.47 bits per heavy atom. The summed E-state index contributed by atoms with van der Waals surface area (Å²) in [5.74, 6) is 0. The molecule has 0 bridgehead atoms. The predicted molar refractivity (Wildman–Crippen MR) is 135 cm³/mol. The first kappa shape index (κ1) is 23.4. The summed E-state index contributed by atoms with van der Waals surface area (Å²) in [4.78, 5) is 38.2. The van der Waals surface area contributed by atoms with Gasteiger partial charge in [-0.3, -0.25) is 0 Å². The Labute approximate surface area is 203 Å². The SMILES string of the molecule is CO[N+](=O)c1ccccc1COC(=O)N1c2ccc(N(C)C)cc2Sc2cc(N(C)C)ccc21. The van der Waals surface area contributed by atoms with Crippen LogP contribution >= 0.6 is 11.8 Å². The van der Waals surface area contributed by atoms with E-state index in [0.29, 0.717) is 16.2 Å². The van der Waals surface area contributed by atoms with Crippen LogP contribution in [0, 0.1) is 4.91 Å². The molecule has 4 rings (SSSR count). The van der Waals surface area contributed by atoms with Gasteiger partial charge in [0.15, 0.2) is 7.11 Å². The average Bonchev–Trinajstić information content (AvgIpc) is 2.84. The minimum Gasteiger partial charge on any atom is -0.444 e. The van der Waals surface area contributed by atoms with Crippen LogP contribution in [0.1, 0.15) is 5.56 Å². The van der Waals surface area contributed by atoms with Crippen LogP contribution in [0.4, 0.5) is 33.2 Å². The number of carbonyl (C=O) groups excluding carboxylic acids is 1. The first-order valence-corrected chi connectivity index (χ1v) is 11.5. The zero-order valence-corrected chi connectivity index (χ0v) is 20.6. The fourth-order valence-electron chi connectivity index (χ4n) is 3.65. The monoisotopic (exact) mass is 479 g/mol. The molecule has 1 amide bonds. The number of para-hydroxylation sites is 1. The predicted octanol–water partition coefficient (Wildman–Crippen LogP) is 5.73. The third kappa shape index (κ3) is 4.51. The third-order valence-electron chi connectivity index (χ3n) is 5.51. The number of amides is 1. The highest BCUT2D eigenvalue weighted by Gasteiger charge is 2.31. The van der Waals surface area contributed by atoms with Crippen molar-refractivity contribution in [3.63, 3.8) is 0 Å². The lowest BCUT2D eigenvalue weighted by Gasteiger charge is -2.32. The van der Waals surface area contributed by atoms with Crippen molar-refractivity contribution in [1.82, 2.24) is 0 Å². The molecule has 0 aliphatic carbocycles. The molecule has 1 aliphatic rings. The maximum Gasteiger partial charge on any atom is 0.419 e. The Morgan fingerprint density at radius 3 is 2.00 bits per heavy atom. The molecule has 0 radical (unpaired) electrons. The molecule has 0 spiro atoms. The molecule has 0 aromatic heterocycles. The summed E-state index contributed by atoms with van der Waals surface area (Å²) in [7, 11) is 9.22. The largest absolute Gasteiger partial charge is 0.444 e. The van der Waals surface area contributed by atoms with E-state index in [2.05, 4.69) is 12.1 Å². The molecule has 0 saturated carbocycles. The molecule has 1 heterocycles. The fourth-order valence-corrected chi connectivity index (χ4v) is 4.78. The molecular formula is C25H27N4O4S+. The van der Waals surface area contributed by atoms with Crippen molar-refractivity contribution in [3.8, 4) is 0 Å². The van der Waals surface area contributed by atoms with E-state index >= 15 is 0 Å². The van der Waals surface area contributed by atoms with Crippen LogP contribution < -0.4 is 14.7 Å². The van der Waals surface area contributed by atoms with Gasteiger partial charge in [-0.05, 0) is 42.5 Å². The van der Waals surface area contributed by atoms with Crippen LogP contribution in [0.5, 0.6) is 0 Å². The van der Waals surface area contributed by atoms with Crippen molar-refractivity contribution in [2.24, 2.45) is 0 Å². The van der Waals surface area contributed by atoms with E-state index in [1.54, 1.807) is 40.9 Å². The van der Waals surface area contributed by atoms with E-state index in [9.17, 15) is 9.70 Å². The first-order chi connectivity index (χ1) is 16.3. The molecule has 1 aliphatic heterocycles. The van der Waals surface area contributed by atoms with Gasteiger partial charge in [-0.1, -0.05) is 23.9 Å². The number of rotatable bonds is 6. The van der Waals surface area contributed by atoms with Crippen LogP contribution in [0.3, 0.4) is 0 Å². The minimum absolute atomic E-state index is 0.0724. The van der Waals surface area contributed by atoms with Gasteiger partial charge in [0.25, 0.3) is 4.92 Å². The Balaban J connectivity index is 1.70. The zero-order chi connectivity index (χ0) is 24.4. The average molecular weight is 480 g/mol. The van der Waals surface area contributed by atoms with Crippen molar-refractivity contribution >= 4 is 46.3 Å². The summed E-state index contributed by atoms with van der Waals surface area (Å²) in [6.07, 6.45) is -0.525. The van der Waals surface area contributed by atoms with Gasteiger partial charge in [-0.15, -0.1) is 0 Å². The van der Waals surface area contributed by atoms with Gasteiger partial charge < -0.3 is 14.5 Å². The van der Waals surface area contributed by atoms with Crippen molar-refractivity contribution in [2.75, 3.05) is 50.0 Å². The van der Waals surface area contributed by atoms with Gasteiger partial charge in [-0.25, -0.2) is 14.5 Å². The molecule has 0 saturated heterocycles. The van der Waals surface area contributed by atoms with Crippen molar-refractivity contribution in [2.45, 2.75) is 16.4 Å². The second-order valence-corrected chi connectivity index (χ2v) is 9.24.